The zero-order valence-electron chi connectivity index (χ0n) is 14.9. The van der Waals surface area contributed by atoms with Crippen LogP contribution in [0, 0.1) is 6.92 Å². The molecule has 0 unspecified atom stereocenters. The molecular weight excluding hydrogens is 448 g/mol. The number of halogens is 2. The van der Waals surface area contributed by atoms with Gasteiger partial charge < -0.3 is 9.88 Å². The number of aromatic nitrogens is 3. The van der Waals surface area contributed by atoms with Gasteiger partial charge in [-0.15, -0.1) is 10.2 Å². The van der Waals surface area contributed by atoms with Gasteiger partial charge in [-0.3, -0.25) is 4.79 Å². The van der Waals surface area contributed by atoms with Crippen LogP contribution in [0.2, 0.25) is 5.02 Å². The van der Waals surface area contributed by atoms with Crippen molar-refractivity contribution in [1.29, 1.82) is 0 Å². The third-order valence-electron chi connectivity index (χ3n) is 3.88. The van der Waals surface area contributed by atoms with Crippen LogP contribution in [0.4, 0.5) is 5.69 Å². The van der Waals surface area contributed by atoms with Crippen molar-refractivity contribution in [1.82, 2.24) is 14.8 Å². The Bertz CT molecular complexity index is 976. The SMILES string of the molecule is CCn1c(SCC(=O)Nc2ccc(C)cc2Br)nnc1-c1ccccc1Cl. The summed E-state index contributed by atoms with van der Waals surface area (Å²) in [6, 6.07) is 13.3. The monoisotopic (exact) mass is 464 g/mol. The predicted octanol–water partition coefficient (Wildman–Crippen LogP) is 5.42. The van der Waals surface area contributed by atoms with E-state index >= 15 is 0 Å². The standard InChI is InChI=1S/C19H18BrClN4OS/c1-3-25-18(13-6-4-5-7-15(13)21)23-24-19(25)27-11-17(26)22-16-9-8-12(2)10-14(16)20/h4-10H,3,11H2,1-2H3,(H,22,26). The fourth-order valence-electron chi connectivity index (χ4n) is 2.56. The lowest BCUT2D eigenvalue weighted by atomic mass is 10.2. The number of aryl methyl sites for hydroxylation is 1. The maximum absolute atomic E-state index is 12.3. The van der Waals surface area contributed by atoms with Gasteiger partial charge in [0.2, 0.25) is 5.91 Å². The number of anilines is 1. The predicted molar refractivity (Wildman–Crippen MR) is 114 cm³/mol. The van der Waals surface area contributed by atoms with Gasteiger partial charge in [0, 0.05) is 16.6 Å². The highest BCUT2D eigenvalue weighted by Crippen LogP contribution is 2.29. The first-order chi connectivity index (χ1) is 13.0. The number of nitrogens with one attached hydrogen (secondary N) is 1. The lowest BCUT2D eigenvalue weighted by Gasteiger charge is -2.09. The van der Waals surface area contributed by atoms with Gasteiger partial charge in [0.05, 0.1) is 16.5 Å². The smallest absolute Gasteiger partial charge is 0.234 e. The molecule has 27 heavy (non-hydrogen) atoms. The van der Waals surface area contributed by atoms with Gasteiger partial charge >= 0.3 is 0 Å². The Hall–Kier alpha value is -1.83. The fourth-order valence-corrected chi connectivity index (χ4v) is 4.18. The molecule has 2 aromatic carbocycles. The Morgan fingerprint density at radius 1 is 1.26 bits per heavy atom. The maximum Gasteiger partial charge on any atom is 0.234 e. The van der Waals surface area contributed by atoms with Crippen LogP contribution < -0.4 is 5.32 Å². The van der Waals surface area contributed by atoms with Crippen LogP contribution in [0.15, 0.2) is 52.1 Å². The average molecular weight is 466 g/mol. The van der Waals surface area contributed by atoms with E-state index < -0.39 is 0 Å². The number of carbonyl (C=O) groups is 1. The number of thioether (sulfide) groups is 1. The lowest BCUT2D eigenvalue weighted by molar-refractivity contribution is -0.113. The number of nitrogens with zero attached hydrogens (tertiary/aromatic N) is 3. The molecule has 0 aliphatic rings. The first-order valence-electron chi connectivity index (χ1n) is 8.36. The molecule has 0 aliphatic carbocycles. The van der Waals surface area contributed by atoms with Gasteiger partial charge in [-0.05, 0) is 59.6 Å². The highest BCUT2D eigenvalue weighted by atomic mass is 79.9. The van der Waals surface area contributed by atoms with Gasteiger partial charge in [-0.2, -0.15) is 0 Å². The second-order valence-corrected chi connectivity index (χ2v) is 8.05. The van der Waals surface area contributed by atoms with E-state index in [2.05, 4.69) is 31.4 Å². The van der Waals surface area contributed by atoms with Gasteiger partial charge in [0.25, 0.3) is 0 Å². The molecule has 1 aromatic heterocycles. The Kier molecular flexibility index (Phi) is 6.57. The summed E-state index contributed by atoms with van der Waals surface area (Å²) in [6.07, 6.45) is 0. The van der Waals surface area contributed by atoms with E-state index in [0.717, 1.165) is 21.3 Å². The van der Waals surface area contributed by atoms with Crippen LogP contribution in [-0.2, 0) is 11.3 Å². The molecule has 140 valence electrons. The largest absolute Gasteiger partial charge is 0.324 e. The number of hydrogen-bond acceptors (Lipinski definition) is 4. The van der Waals surface area contributed by atoms with E-state index in [9.17, 15) is 4.79 Å². The second kappa shape index (κ2) is 8.91. The summed E-state index contributed by atoms with van der Waals surface area (Å²) < 4.78 is 2.82. The van der Waals surface area contributed by atoms with Crippen LogP contribution in [0.25, 0.3) is 11.4 Å². The summed E-state index contributed by atoms with van der Waals surface area (Å²) in [7, 11) is 0. The summed E-state index contributed by atoms with van der Waals surface area (Å²) in [4.78, 5) is 12.3. The van der Waals surface area contributed by atoms with Gasteiger partial charge in [-0.25, -0.2) is 0 Å². The van der Waals surface area contributed by atoms with Gasteiger partial charge in [-0.1, -0.05) is 41.6 Å². The van der Waals surface area contributed by atoms with Crippen molar-refractivity contribution in [2.24, 2.45) is 0 Å². The quantitative estimate of drug-likeness (QED) is 0.494. The highest BCUT2D eigenvalue weighted by molar-refractivity contribution is 9.10. The van der Waals surface area contributed by atoms with Crippen molar-refractivity contribution in [3.8, 4) is 11.4 Å². The Morgan fingerprint density at radius 3 is 2.74 bits per heavy atom. The summed E-state index contributed by atoms with van der Waals surface area (Å²) in [5, 5.41) is 12.7. The van der Waals surface area contributed by atoms with Crippen molar-refractivity contribution in [3.05, 3.63) is 57.5 Å². The van der Waals surface area contributed by atoms with Crippen molar-refractivity contribution >= 4 is 50.9 Å². The average Bonchev–Trinajstić information content (AvgIpc) is 3.05. The molecule has 0 saturated carbocycles. The van der Waals surface area contributed by atoms with E-state index in [-0.39, 0.29) is 11.7 Å². The first-order valence-corrected chi connectivity index (χ1v) is 10.5. The molecule has 8 heteroatoms. The molecule has 0 spiro atoms. The summed E-state index contributed by atoms with van der Waals surface area (Å²) in [5.41, 5.74) is 2.70. The van der Waals surface area contributed by atoms with Crippen molar-refractivity contribution in [2.75, 3.05) is 11.1 Å². The van der Waals surface area contributed by atoms with E-state index in [1.807, 2.05) is 60.9 Å². The Morgan fingerprint density at radius 2 is 2.04 bits per heavy atom. The third-order valence-corrected chi connectivity index (χ3v) is 5.83. The normalized spacial score (nSPS) is 10.8. The number of hydrogen-bond donors (Lipinski definition) is 1. The maximum atomic E-state index is 12.3. The zero-order chi connectivity index (χ0) is 19.4. The molecule has 1 N–H and O–H groups in total. The number of carbonyl (C=O) groups excluding carboxylic acids is 1. The van der Waals surface area contributed by atoms with Crippen molar-refractivity contribution in [2.45, 2.75) is 25.5 Å². The molecule has 0 bridgehead atoms. The van der Waals surface area contributed by atoms with Crippen LogP contribution in [0.1, 0.15) is 12.5 Å². The zero-order valence-corrected chi connectivity index (χ0v) is 18.0. The molecule has 3 aromatic rings. The van der Waals surface area contributed by atoms with Crippen molar-refractivity contribution in [3.63, 3.8) is 0 Å². The third kappa shape index (κ3) is 4.72. The Balaban J connectivity index is 1.71. The molecule has 0 fully saturated rings. The number of amides is 1. The fraction of sp³-hybridized carbons (Fsp3) is 0.211. The Labute approximate surface area is 175 Å². The number of benzene rings is 2. The molecule has 0 radical (unpaired) electrons. The van der Waals surface area contributed by atoms with E-state index in [0.29, 0.717) is 22.5 Å². The minimum absolute atomic E-state index is 0.102. The minimum atomic E-state index is -0.102. The molecule has 0 saturated heterocycles. The second-order valence-electron chi connectivity index (χ2n) is 5.85. The van der Waals surface area contributed by atoms with Crippen LogP contribution in [0.5, 0.6) is 0 Å². The van der Waals surface area contributed by atoms with Crippen LogP contribution >= 0.6 is 39.3 Å². The van der Waals surface area contributed by atoms with Crippen LogP contribution in [0.3, 0.4) is 0 Å². The molecule has 0 atom stereocenters. The van der Waals surface area contributed by atoms with E-state index in [4.69, 9.17) is 11.6 Å². The minimum Gasteiger partial charge on any atom is -0.324 e. The molecule has 1 heterocycles. The number of rotatable bonds is 6. The topological polar surface area (TPSA) is 59.8 Å². The van der Waals surface area contributed by atoms with E-state index in [1.54, 1.807) is 0 Å². The lowest BCUT2D eigenvalue weighted by Crippen LogP contribution is -2.15. The van der Waals surface area contributed by atoms with Crippen LogP contribution in [-0.4, -0.2) is 26.4 Å². The van der Waals surface area contributed by atoms with E-state index in [1.165, 1.54) is 11.8 Å². The first kappa shape index (κ1) is 19.9. The van der Waals surface area contributed by atoms with Crippen molar-refractivity contribution < 1.29 is 4.79 Å². The van der Waals surface area contributed by atoms with Gasteiger partial charge in [0.1, 0.15) is 0 Å². The summed E-state index contributed by atoms with van der Waals surface area (Å²) in [5.74, 6) is 0.836. The molecule has 5 nitrogen and oxygen atoms in total. The molecule has 3 rings (SSSR count). The molecule has 1 amide bonds. The molecule has 0 aliphatic heterocycles. The molecular formula is C19H18BrClN4OS. The summed E-state index contributed by atoms with van der Waals surface area (Å²) >= 11 is 11.1. The van der Waals surface area contributed by atoms with Gasteiger partial charge in [0.15, 0.2) is 11.0 Å². The summed E-state index contributed by atoms with van der Waals surface area (Å²) in [6.45, 7) is 4.69. The highest BCUT2D eigenvalue weighted by Gasteiger charge is 2.16.